The third-order valence-corrected chi connectivity index (χ3v) is 3.85. The predicted molar refractivity (Wildman–Crippen MR) is 86.6 cm³/mol. The zero-order valence-electron chi connectivity index (χ0n) is 13.9. The van der Waals surface area contributed by atoms with E-state index in [9.17, 15) is 4.79 Å². The highest BCUT2D eigenvalue weighted by Crippen LogP contribution is 2.23. The van der Waals surface area contributed by atoms with Gasteiger partial charge in [-0.15, -0.1) is 0 Å². The van der Waals surface area contributed by atoms with Crippen LogP contribution >= 0.6 is 0 Å². The lowest BCUT2D eigenvalue weighted by atomic mass is 10.1. The number of ether oxygens (including phenoxy) is 1. The van der Waals surface area contributed by atoms with Crippen LogP contribution in [0.1, 0.15) is 58.6 Å². The van der Waals surface area contributed by atoms with E-state index >= 15 is 0 Å². The topological polar surface area (TPSA) is 63.2 Å². The number of hydrogen-bond donors (Lipinski definition) is 2. The molecule has 1 aromatic heterocycles. The van der Waals surface area contributed by atoms with Gasteiger partial charge in [-0.3, -0.25) is 4.98 Å². The average molecular weight is 305 g/mol. The van der Waals surface area contributed by atoms with Gasteiger partial charge in [-0.2, -0.15) is 0 Å². The Morgan fingerprint density at radius 1 is 1.27 bits per heavy atom. The van der Waals surface area contributed by atoms with Crippen molar-refractivity contribution in [3.63, 3.8) is 0 Å². The SMILES string of the molecule is CC(NC1CCC(NC(=O)OC(C)(C)C)C1)c1ccncc1. The highest BCUT2D eigenvalue weighted by Gasteiger charge is 2.28. The molecule has 1 amide bonds. The van der Waals surface area contributed by atoms with Gasteiger partial charge in [-0.1, -0.05) is 0 Å². The second kappa shape index (κ2) is 7.09. The first-order valence-electron chi connectivity index (χ1n) is 7.99. The predicted octanol–water partition coefficient (Wildman–Crippen LogP) is 3.18. The van der Waals surface area contributed by atoms with Crippen LogP contribution in [0.15, 0.2) is 24.5 Å². The lowest BCUT2D eigenvalue weighted by molar-refractivity contribution is 0.0505. The summed E-state index contributed by atoms with van der Waals surface area (Å²) in [5.41, 5.74) is 0.787. The zero-order chi connectivity index (χ0) is 16.2. The van der Waals surface area contributed by atoms with E-state index in [4.69, 9.17) is 4.74 Å². The number of alkyl carbamates (subject to hydrolysis) is 1. The molecule has 1 aromatic rings. The number of nitrogens with one attached hydrogen (secondary N) is 2. The van der Waals surface area contributed by atoms with Crippen molar-refractivity contribution in [2.24, 2.45) is 0 Å². The summed E-state index contributed by atoms with van der Waals surface area (Å²) < 4.78 is 5.31. The lowest BCUT2D eigenvalue weighted by Gasteiger charge is -2.22. The Labute approximate surface area is 132 Å². The quantitative estimate of drug-likeness (QED) is 0.897. The molecule has 0 spiro atoms. The Hall–Kier alpha value is -1.62. The largest absolute Gasteiger partial charge is 0.444 e. The molecule has 1 aliphatic carbocycles. The summed E-state index contributed by atoms with van der Waals surface area (Å²) in [7, 11) is 0. The van der Waals surface area contributed by atoms with Gasteiger partial charge in [0.15, 0.2) is 0 Å². The molecule has 0 aromatic carbocycles. The summed E-state index contributed by atoms with van der Waals surface area (Å²) in [6.07, 6.45) is 6.30. The second-order valence-electron chi connectivity index (χ2n) is 7.02. The number of carbonyl (C=O) groups excluding carboxylic acids is 1. The molecule has 1 heterocycles. The first-order chi connectivity index (χ1) is 10.3. The molecule has 2 N–H and O–H groups in total. The van der Waals surface area contributed by atoms with Gasteiger partial charge in [0.2, 0.25) is 0 Å². The molecule has 0 saturated heterocycles. The van der Waals surface area contributed by atoms with Crippen molar-refractivity contribution < 1.29 is 9.53 Å². The summed E-state index contributed by atoms with van der Waals surface area (Å²) in [5, 5.41) is 6.59. The molecule has 2 rings (SSSR count). The first kappa shape index (κ1) is 16.7. The van der Waals surface area contributed by atoms with Gasteiger partial charge < -0.3 is 15.4 Å². The maximum Gasteiger partial charge on any atom is 0.407 e. The molecule has 3 unspecified atom stereocenters. The second-order valence-corrected chi connectivity index (χ2v) is 7.02. The summed E-state index contributed by atoms with van der Waals surface area (Å²) in [6.45, 7) is 7.79. The summed E-state index contributed by atoms with van der Waals surface area (Å²) in [5.74, 6) is 0. The van der Waals surface area contributed by atoms with E-state index in [1.54, 1.807) is 0 Å². The Morgan fingerprint density at radius 2 is 1.91 bits per heavy atom. The molecular formula is C17H27N3O2. The van der Waals surface area contributed by atoms with Crippen molar-refractivity contribution in [2.75, 3.05) is 0 Å². The summed E-state index contributed by atoms with van der Waals surface area (Å²) in [4.78, 5) is 15.8. The van der Waals surface area contributed by atoms with Gasteiger partial charge in [0.1, 0.15) is 5.60 Å². The van der Waals surface area contributed by atoms with Crippen LogP contribution in [0.3, 0.4) is 0 Å². The van der Waals surface area contributed by atoms with Crippen LogP contribution < -0.4 is 10.6 Å². The fourth-order valence-electron chi connectivity index (χ4n) is 2.84. The van der Waals surface area contributed by atoms with Gasteiger partial charge >= 0.3 is 6.09 Å². The standard InChI is InChI=1S/C17H27N3O2/c1-12(13-7-9-18-10-8-13)19-14-5-6-15(11-14)20-16(21)22-17(2,3)4/h7-10,12,14-15,19H,5-6,11H2,1-4H3,(H,20,21). The maximum absolute atomic E-state index is 11.8. The van der Waals surface area contributed by atoms with Gasteiger partial charge in [0, 0.05) is 30.5 Å². The Bertz CT molecular complexity index is 484. The number of rotatable bonds is 4. The first-order valence-corrected chi connectivity index (χ1v) is 7.99. The van der Waals surface area contributed by atoms with E-state index in [2.05, 4.69) is 22.5 Å². The van der Waals surface area contributed by atoms with E-state index in [0.29, 0.717) is 6.04 Å². The third-order valence-electron chi connectivity index (χ3n) is 3.85. The van der Waals surface area contributed by atoms with Crippen molar-refractivity contribution in [3.8, 4) is 0 Å². The smallest absolute Gasteiger partial charge is 0.407 e. The van der Waals surface area contributed by atoms with E-state index in [1.165, 1.54) is 5.56 Å². The summed E-state index contributed by atoms with van der Waals surface area (Å²) in [6, 6.07) is 4.96. The molecule has 0 aliphatic heterocycles. The van der Waals surface area contributed by atoms with E-state index in [1.807, 2.05) is 45.3 Å². The number of carbonyl (C=O) groups is 1. The lowest BCUT2D eigenvalue weighted by Crippen LogP contribution is -2.39. The molecule has 0 bridgehead atoms. The van der Waals surface area contributed by atoms with E-state index < -0.39 is 5.60 Å². The van der Waals surface area contributed by atoms with Gasteiger partial charge in [-0.05, 0) is 64.7 Å². The highest BCUT2D eigenvalue weighted by molar-refractivity contribution is 5.68. The van der Waals surface area contributed by atoms with Gasteiger partial charge in [0.05, 0.1) is 0 Å². The number of amides is 1. The van der Waals surface area contributed by atoms with Crippen LogP contribution in [-0.2, 0) is 4.74 Å². The average Bonchev–Trinajstić information content (AvgIpc) is 2.84. The van der Waals surface area contributed by atoms with Crippen LogP contribution in [0, 0.1) is 0 Å². The monoisotopic (exact) mass is 305 g/mol. The molecule has 22 heavy (non-hydrogen) atoms. The van der Waals surface area contributed by atoms with Crippen LogP contribution in [0.4, 0.5) is 4.79 Å². The molecule has 1 aliphatic rings. The maximum atomic E-state index is 11.8. The molecule has 3 atom stereocenters. The van der Waals surface area contributed by atoms with Crippen molar-refractivity contribution in [2.45, 2.75) is 70.7 Å². The number of pyridine rings is 1. The molecule has 0 radical (unpaired) electrons. The van der Waals surface area contributed by atoms with E-state index in [0.717, 1.165) is 19.3 Å². The molecular weight excluding hydrogens is 278 g/mol. The fraction of sp³-hybridized carbons (Fsp3) is 0.647. The Balaban J connectivity index is 1.77. The Morgan fingerprint density at radius 3 is 2.55 bits per heavy atom. The number of hydrogen-bond acceptors (Lipinski definition) is 4. The molecule has 5 nitrogen and oxygen atoms in total. The van der Waals surface area contributed by atoms with Crippen molar-refractivity contribution in [1.29, 1.82) is 0 Å². The van der Waals surface area contributed by atoms with Crippen molar-refractivity contribution >= 4 is 6.09 Å². The minimum atomic E-state index is -0.448. The van der Waals surface area contributed by atoms with Crippen molar-refractivity contribution in [1.82, 2.24) is 15.6 Å². The number of aromatic nitrogens is 1. The fourth-order valence-corrected chi connectivity index (χ4v) is 2.84. The van der Waals surface area contributed by atoms with Crippen LogP contribution in [0.25, 0.3) is 0 Å². The van der Waals surface area contributed by atoms with Crippen LogP contribution in [-0.4, -0.2) is 28.8 Å². The van der Waals surface area contributed by atoms with E-state index in [-0.39, 0.29) is 18.2 Å². The molecule has 122 valence electrons. The minimum Gasteiger partial charge on any atom is -0.444 e. The van der Waals surface area contributed by atoms with Crippen molar-refractivity contribution in [3.05, 3.63) is 30.1 Å². The summed E-state index contributed by atoms with van der Waals surface area (Å²) >= 11 is 0. The molecule has 1 fully saturated rings. The number of nitrogens with zero attached hydrogens (tertiary/aromatic N) is 1. The van der Waals surface area contributed by atoms with Crippen LogP contribution in [0.5, 0.6) is 0 Å². The van der Waals surface area contributed by atoms with Crippen LogP contribution in [0.2, 0.25) is 0 Å². The minimum absolute atomic E-state index is 0.192. The normalized spacial score (nSPS) is 23.1. The molecule has 5 heteroatoms. The van der Waals surface area contributed by atoms with Gasteiger partial charge in [0.25, 0.3) is 0 Å². The van der Waals surface area contributed by atoms with Gasteiger partial charge in [-0.25, -0.2) is 4.79 Å². The zero-order valence-corrected chi connectivity index (χ0v) is 13.9. The highest BCUT2D eigenvalue weighted by atomic mass is 16.6. The third kappa shape index (κ3) is 5.30. The Kier molecular flexibility index (Phi) is 5.40. The molecule has 1 saturated carbocycles.